The summed E-state index contributed by atoms with van der Waals surface area (Å²) < 4.78 is 6.86. The van der Waals surface area contributed by atoms with Gasteiger partial charge in [-0.05, 0) is 44.2 Å². The Bertz CT molecular complexity index is 888. The first kappa shape index (κ1) is 15.0. The molecule has 4 heteroatoms. The number of rotatable bonds is 3. The van der Waals surface area contributed by atoms with Gasteiger partial charge in [0.25, 0.3) is 0 Å². The number of pyridine rings is 1. The number of carbonyl (C=O) groups is 1. The van der Waals surface area contributed by atoms with Crippen molar-refractivity contribution in [1.29, 1.82) is 0 Å². The van der Waals surface area contributed by atoms with Crippen LogP contribution in [0.4, 0.5) is 0 Å². The van der Waals surface area contributed by atoms with E-state index in [9.17, 15) is 4.79 Å². The van der Waals surface area contributed by atoms with Gasteiger partial charge >= 0.3 is 5.97 Å². The number of benzene rings is 1. The summed E-state index contributed by atoms with van der Waals surface area (Å²) in [6.45, 7) is 4.10. The van der Waals surface area contributed by atoms with Crippen molar-refractivity contribution in [2.75, 3.05) is 7.11 Å². The number of methoxy groups -OCH3 is 1. The maximum absolute atomic E-state index is 11.8. The summed E-state index contributed by atoms with van der Waals surface area (Å²) in [6.07, 6.45) is 5.91. The Labute approximate surface area is 135 Å². The van der Waals surface area contributed by atoms with Gasteiger partial charge in [-0.1, -0.05) is 17.7 Å². The largest absolute Gasteiger partial charge is 0.465 e. The molecule has 0 amide bonds. The van der Waals surface area contributed by atoms with Crippen LogP contribution in [-0.2, 0) is 4.74 Å². The minimum atomic E-state index is -0.333. The van der Waals surface area contributed by atoms with Crippen LogP contribution in [0.25, 0.3) is 22.8 Å². The molecule has 0 aliphatic rings. The number of esters is 1. The smallest absolute Gasteiger partial charge is 0.337 e. The molecule has 1 aromatic carbocycles. The van der Waals surface area contributed by atoms with Crippen molar-refractivity contribution in [2.24, 2.45) is 0 Å². The topological polar surface area (TPSA) is 44.1 Å². The van der Waals surface area contributed by atoms with E-state index in [1.165, 1.54) is 12.7 Å². The highest BCUT2D eigenvalue weighted by atomic mass is 16.5. The second kappa shape index (κ2) is 6.08. The summed E-state index contributed by atoms with van der Waals surface area (Å²) in [5, 5.41) is 1.000. The first-order chi connectivity index (χ1) is 11.1. The van der Waals surface area contributed by atoms with Crippen LogP contribution in [0.2, 0.25) is 0 Å². The van der Waals surface area contributed by atoms with E-state index < -0.39 is 0 Å². The zero-order valence-electron chi connectivity index (χ0n) is 13.4. The lowest BCUT2D eigenvalue weighted by Gasteiger charge is -2.04. The number of hydrogen-bond donors (Lipinski definition) is 0. The van der Waals surface area contributed by atoms with E-state index in [1.807, 2.05) is 54.9 Å². The predicted octanol–water partition coefficient (Wildman–Crippen LogP) is 4.24. The van der Waals surface area contributed by atoms with Crippen LogP contribution in [0.1, 0.15) is 29.8 Å². The molecule has 0 fully saturated rings. The van der Waals surface area contributed by atoms with E-state index in [2.05, 4.69) is 11.1 Å². The maximum atomic E-state index is 11.8. The molecule has 0 unspecified atom stereocenters. The molecule has 0 spiro atoms. The van der Waals surface area contributed by atoms with Gasteiger partial charge in [-0.3, -0.25) is 0 Å². The summed E-state index contributed by atoms with van der Waals surface area (Å²) in [5.41, 5.74) is 3.79. The molecule has 0 saturated carbocycles. The van der Waals surface area contributed by atoms with Gasteiger partial charge in [0.05, 0.1) is 18.2 Å². The van der Waals surface area contributed by atoms with Crippen molar-refractivity contribution in [1.82, 2.24) is 9.55 Å². The Hall–Kier alpha value is -2.88. The average molecular weight is 306 g/mol. The third kappa shape index (κ3) is 2.88. The monoisotopic (exact) mass is 306 g/mol. The molecule has 0 aliphatic carbocycles. The standard InChI is InChI=1S/C19H18N2O2/c1-13(2)10-15-12-21(18-6-4-5-9-20-18)17-8-7-14(11-16(15)17)19(22)23-3/h4-12H,1-3H3. The second-order valence-electron chi connectivity index (χ2n) is 5.59. The Morgan fingerprint density at radius 3 is 2.70 bits per heavy atom. The number of hydrogen-bond acceptors (Lipinski definition) is 3. The zero-order chi connectivity index (χ0) is 16.4. The molecule has 0 N–H and O–H groups in total. The van der Waals surface area contributed by atoms with Gasteiger partial charge in [-0.15, -0.1) is 0 Å². The van der Waals surface area contributed by atoms with Gasteiger partial charge in [0.2, 0.25) is 0 Å². The van der Waals surface area contributed by atoms with Crippen LogP contribution in [0.15, 0.2) is 54.4 Å². The molecule has 2 heterocycles. The van der Waals surface area contributed by atoms with Gasteiger partial charge < -0.3 is 9.30 Å². The van der Waals surface area contributed by atoms with Crippen molar-refractivity contribution in [3.05, 3.63) is 65.5 Å². The van der Waals surface area contributed by atoms with Crippen molar-refractivity contribution in [3.63, 3.8) is 0 Å². The number of ether oxygens (including phenoxy) is 1. The molecule has 4 nitrogen and oxygen atoms in total. The van der Waals surface area contributed by atoms with Crippen molar-refractivity contribution in [2.45, 2.75) is 13.8 Å². The minimum absolute atomic E-state index is 0.333. The molecule has 0 atom stereocenters. The summed E-state index contributed by atoms with van der Waals surface area (Å²) in [5.74, 6) is 0.511. The van der Waals surface area contributed by atoms with Gasteiger partial charge in [-0.2, -0.15) is 0 Å². The Balaban J connectivity index is 2.27. The Morgan fingerprint density at radius 2 is 2.04 bits per heavy atom. The van der Waals surface area contributed by atoms with Gasteiger partial charge in [0, 0.05) is 23.3 Å². The fourth-order valence-electron chi connectivity index (χ4n) is 2.61. The predicted molar refractivity (Wildman–Crippen MR) is 91.7 cm³/mol. The summed E-state index contributed by atoms with van der Waals surface area (Å²) in [6, 6.07) is 11.4. The molecule has 0 bridgehead atoms. The lowest BCUT2D eigenvalue weighted by atomic mass is 10.1. The normalized spacial score (nSPS) is 10.6. The van der Waals surface area contributed by atoms with Crippen LogP contribution in [0, 0.1) is 0 Å². The second-order valence-corrected chi connectivity index (χ2v) is 5.59. The van der Waals surface area contributed by atoms with Crippen LogP contribution < -0.4 is 0 Å². The van der Waals surface area contributed by atoms with Gasteiger partial charge in [-0.25, -0.2) is 9.78 Å². The fraction of sp³-hybridized carbons (Fsp3) is 0.158. The molecular weight excluding hydrogens is 288 g/mol. The molecule has 2 aromatic heterocycles. The third-order valence-corrected chi connectivity index (χ3v) is 3.60. The van der Waals surface area contributed by atoms with E-state index in [0.717, 1.165) is 22.3 Å². The summed E-state index contributed by atoms with van der Waals surface area (Å²) in [4.78, 5) is 16.2. The van der Waals surface area contributed by atoms with Crippen LogP contribution >= 0.6 is 0 Å². The highest BCUT2D eigenvalue weighted by Crippen LogP contribution is 2.27. The van der Waals surface area contributed by atoms with Crippen molar-refractivity contribution < 1.29 is 9.53 Å². The van der Waals surface area contributed by atoms with Crippen LogP contribution in [0.5, 0.6) is 0 Å². The molecule has 3 rings (SSSR count). The highest BCUT2D eigenvalue weighted by Gasteiger charge is 2.13. The highest BCUT2D eigenvalue weighted by molar-refractivity contribution is 5.98. The first-order valence-electron chi connectivity index (χ1n) is 7.40. The van der Waals surface area contributed by atoms with Gasteiger partial charge in [0.15, 0.2) is 0 Å². The molecule has 0 saturated heterocycles. The Morgan fingerprint density at radius 1 is 1.22 bits per heavy atom. The molecule has 0 radical (unpaired) electrons. The summed E-state index contributed by atoms with van der Waals surface area (Å²) in [7, 11) is 1.39. The molecule has 3 aromatic rings. The van der Waals surface area contributed by atoms with Gasteiger partial charge in [0.1, 0.15) is 5.82 Å². The third-order valence-electron chi connectivity index (χ3n) is 3.60. The van der Waals surface area contributed by atoms with E-state index in [4.69, 9.17) is 4.74 Å². The van der Waals surface area contributed by atoms with Crippen molar-refractivity contribution in [3.8, 4) is 5.82 Å². The van der Waals surface area contributed by atoms with Crippen molar-refractivity contribution >= 4 is 22.9 Å². The maximum Gasteiger partial charge on any atom is 0.337 e. The molecule has 116 valence electrons. The van der Waals surface area contributed by atoms with E-state index in [0.29, 0.717) is 5.56 Å². The number of carbonyl (C=O) groups excluding carboxylic acids is 1. The Kier molecular flexibility index (Phi) is 3.98. The summed E-state index contributed by atoms with van der Waals surface area (Å²) >= 11 is 0. The number of allylic oxidation sites excluding steroid dienone is 1. The molecular formula is C19H18N2O2. The minimum Gasteiger partial charge on any atom is -0.465 e. The van der Waals surface area contributed by atoms with Crippen LogP contribution in [-0.4, -0.2) is 22.6 Å². The lowest BCUT2D eigenvalue weighted by molar-refractivity contribution is 0.0601. The lowest BCUT2D eigenvalue weighted by Crippen LogP contribution is -2.01. The SMILES string of the molecule is COC(=O)c1ccc2c(c1)c(C=C(C)C)cn2-c1ccccn1. The number of fused-ring (bicyclic) bond motifs is 1. The fourth-order valence-corrected chi connectivity index (χ4v) is 2.61. The molecule has 23 heavy (non-hydrogen) atoms. The van der Waals surface area contributed by atoms with E-state index in [1.54, 1.807) is 12.3 Å². The number of aromatic nitrogens is 2. The van der Waals surface area contributed by atoms with Crippen LogP contribution in [0.3, 0.4) is 0 Å². The first-order valence-corrected chi connectivity index (χ1v) is 7.40. The number of nitrogens with zero attached hydrogens (tertiary/aromatic N) is 2. The average Bonchev–Trinajstić information content (AvgIpc) is 2.92. The quantitative estimate of drug-likeness (QED) is 0.680. The zero-order valence-corrected chi connectivity index (χ0v) is 13.4. The molecule has 0 aliphatic heterocycles. The van der Waals surface area contributed by atoms with E-state index in [-0.39, 0.29) is 5.97 Å². The van der Waals surface area contributed by atoms with E-state index >= 15 is 0 Å².